The predicted octanol–water partition coefficient (Wildman–Crippen LogP) is 3.31. The van der Waals surface area contributed by atoms with E-state index in [4.69, 9.17) is 4.74 Å². The number of carbonyl (C=O) groups excluding carboxylic acids is 2. The standard InChI is InChI=1S/C20H22N2O3/c1-13(2)18-19(23)21-17-7-5-4-6-16(17)20(24)22(18)12-14-8-10-15(25-3)11-9-14/h4-11,13,18H,12H2,1-3H3,(H,21,23). The number of fused-ring (bicyclic) bond motifs is 1. The van der Waals surface area contributed by atoms with Crippen LogP contribution in [-0.4, -0.2) is 29.9 Å². The van der Waals surface area contributed by atoms with Gasteiger partial charge in [-0.15, -0.1) is 0 Å². The smallest absolute Gasteiger partial charge is 0.256 e. The number of nitrogens with zero attached hydrogens (tertiary/aromatic N) is 1. The highest BCUT2D eigenvalue weighted by atomic mass is 16.5. The van der Waals surface area contributed by atoms with Gasteiger partial charge in [-0.3, -0.25) is 9.59 Å². The van der Waals surface area contributed by atoms with Crippen LogP contribution < -0.4 is 10.1 Å². The van der Waals surface area contributed by atoms with Crippen LogP contribution in [0.15, 0.2) is 48.5 Å². The van der Waals surface area contributed by atoms with Gasteiger partial charge in [-0.1, -0.05) is 38.1 Å². The molecule has 0 aromatic heterocycles. The molecule has 25 heavy (non-hydrogen) atoms. The van der Waals surface area contributed by atoms with E-state index in [2.05, 4.69) is 5.32 Å². The number of hydrogen-bond acceptors (Lipinski definition) is 3. The van der Waals surface area contributed by atoms with Crippen LogP contribution >= 0.6 is 0 Å². The summed E-state index contributed by atoms with van der Waals surface area (Å²) >= 11 is 0. The van der Waals surface area contributed by atoms with Crippen molar-refractivity contribution in [2.24, 2.45) is 5.92 Å². The highest BCUT2D eigenvalue weighted by Gasteiger charge is 2.37. The Bertz CT molecular complexity index is 784. The van der Waals surface area contributed by atoms with Crippen molar-refractivity contribution >= 4 is 17.5 Å². The summed E-state index contributed by atoms with van der Waals surface area (Å²) in [6.07, 6.45) is 0. The molecule has 1 unspecified atom stereocenters. The van der Waals surface area contributed by atoms with Gasteiger partial charge in [-0.2, -0.15) is 0 Å². The number of para-hydroxylation sites is 1. The van der Waals surface area contributed by atoms with Crippen molar-refractivity contribution < 1.29 is 14.3 Å². The molecule has 1 N–H and O–H groups in total. The van der Waals surface area contributed by atoms with E-state index in [0.717, 1.165) is 11.3 Å². The normalized spacial score (nSPS) is 17.1. The Morgan fingerprint density at radius 3 is 2.40 bits per heavy atom. The van der Waals surface area contributed by atoms with Crippen LogP contribution in [0.4, 0.5) is 5.69 Å². The number of amides is 2. The minimum atomic E-state index is -0.526. The third-order valence-corrected chi connectivity index (χ3v) is 4.42. The minimum absolute atomic E-state index is 0.00323. The zero-order chi connectivity index (χ0) is 18.0. The number of anilines is 1. The molecule has 1 aliphatic heterocycles. The molecule has 1 aliphatic rings. The molecule has 3 rings (SSSR count). The molecule has 2 aromatic carbocycles. The Balaban J connectivity index is 1.99. The maximum absolute atomic E-state index is 13.1. The molecule has 0 spiro atoms. The fourth-order valence-electron chi connectivity index (χ4n) is 3.17. The summed E-state index contributed by atoms with van der Waals surface area (Å²) in [4.78, 5) is 27.5. The van der Waals surface area contributed by atoms with Crippen LogP contribution in [0.5, 0.6) is 5.75 Å². The molecular weight excluding hydrogens is 316 g/mol. The van der Waals surface area contributed by atoms with Gasteiger partial charge in [0.2, 0.25) is 5.91 Å². The molecule has 5 heteroatoms. The fraction of sp³-hybridized carbons (Fsp3) is 0.300. The van der Waals surface area contributed by atoms with Crippen LogP contribution in [-0.2, 0) is 11.3 Å². The lowest BCUT2D eigenvalue weighted by Crippen LogP contribution is -2.47. The lowest BCUT2D eigenvalue weighted by atomic mass is 10.0. The molecule has 0 saturated heterocycles. The monoisotopic (exact) mass is 338 g/mol. The summed E-state index contributed by atoms with van der Waals surface area (Å²) in [7, 11) is 1.61. The Morgan fingerprint density at radius 2 is 1.76 bits per heavy atom. The van der Waals surface area contributed by atoms with E-state index in [-0.39, 0.29) is 17.7 Å². The van der Waals surface area contributed by atoms with E-state index in [9.17, 15) is 9.59 Å². The van der Waals surface area contributed by atoms with Crippen LogP contribution in [0.1, 0.15) is 29.8 Å². The second-order valence-corrected chi connectivity index (χ2v) is 6.50. The SMILES string of the molecule is COc1ccc(CN2C(=O)c3ccccc3NC(=O)C2C(C)C)cc1. The molecule has 2 amide bonds. The summed E-state index contributed by atoms with van der Waals surface area (Å²) in [6.45, 7) is 4.27. The minimum Gasteiger partial charge on any atom is -0.497 e. The van der Waals surface area contributed by atoms with E-state index < -0.39 is 6.04 Å². The molecule has 2 aromatic rings. The van der Waals surface area contributed by atoms with E-state index in [1.165, 1.54) is 0 Å². The lowest BCUT2D eigenvalue weighted by molar-refractivity contribution is -0.121. The van der Waals surface area contributed by atoms with E-state index >= 15 is 0 Å². The Labute approximate surface area is 147 Å². The Morgan fingerprint density at radius 1 is 1.08 bits per heavy atom. The molecule has 0 bridgehead atoms. The topological polar surface area (TPSA) is 58.6 Å². The maximum atomic E-state index is 13.1. The third-order valence-electron chi connectivity index (χ3n) is 4.42. The van der Waals surface area contributed by atoms with Crippen molar-refractivity contribution in [3.8, 4) is 5.75 Å². The second-order valence-electron chi connectivity index (χ2n) is 6.50. The fourth-order valence-corrected chi connectivity index (χ4v) is 3.17. The number of hydrogen-bond donors (Lipinski definition) is 1. The van der Waals surface area contributed by atoms with Crippen molar-refractivity contribution in [1.29, 1.82) is 0 Å². The molecule has 1 heterocycles. The van der Waals surface area contributed by atoms with Gasteiger partial charge in [0.25, 0.3) is 5.91 Å². The van der Waals surface area contributed by atoms with Crippen LogP contribution in [0.3, 0.4) is 0 Å². The van der Waals surface area contributed by atoms with Gasteiger partial charge < -0.3 is 15.0 Å². The van der Waals surface area contributed by atoms with E-state index in [0.29, 0.717) is 17.8 Å². The Kier molecular flexibility index (Phi) is 4.74. The van der Waals surface area contributed by atoms with E-state index in [1.807, 2.05) is 50.2 Å². The van der Waals surface area contributed by atoms with Crippen molar-refractivity contribution in [1.82, 2.24) is 4.90 Å². The number of benzene rings is 2. The maximum Gasteiger partial charge on any atom is 0.256 e. The van der Waals surface area contributed by atoms with Gasteiger partial charge >= 0.3 is 0 Å². The van der Waals surface area contributed by atoms with Gasteiger partial charge in [0.05, 0.1) is 18.4 Å². The summed E-state index contributed by atoms with van der Waals surface area (Å²) in [6, 6.07) is 14.2. The molecule has 1 atom stereocenters. The molecular formula is C20H22N2O3. The first-order valence-corrected chi connectivity index (χ1v) is 8.35. The van der Waals surface area contributed by atoms with Gasteiger partial charge in [0.15, 0.2) is 0 Å². The first kappa shape index (κ1) is 17.0. The lowest BCUT2D eigenvalue weighted by Gasteiger charge is -2.31. The van der Waals surface area contributed by atoms with Gasteiger partial charge in [-0.05, 0) is 35.7 Å². The van der Waals surface area contributed by atoms with Crippen LogP contribution in [0.2, 0.25) is 0 Å². The molecule has 0 aliphatic carbocycles. The average Bonchev–Trinajstić information content (AvgIpc) is 2.71. The average molecular weight is 338 g/mol. The summed E-state index contributed by atoms with van der Waals surface area (Å²) in [5.41, 5.74) is 2.04. The molecule has 0 saturated carbocycles. The van der Waals surface area contributed by atoms with Crippen molar-refractivity contribution in [2.45, 2.75) is 26.4 Å². The molecule has 130 valence electrons. The molecule has 0 radical (unpaired) electrons. The van der Waals surface area contributed by atoms with Gasteiger partial charge in [0.1, 0.15) is 11.8 Å². The zero-order valence-electron chi connectivity index (χ0n) is 14.7. The highest BCUT2D eigenvalue weighted by molar-refractivity contribution is 6.09. The Hall–Kier alpha value is -2.82. The summed E-state index contributed by atoms with van der Waals surface area (Å²) < 4.78 is 5.18. The van der Waals surface area contributed by atoms with Gasteiger partial charge in [-0.25, -0.2) is 0 Å². The summed E-state index contributed by atoms with van der Waals surface area (Å²) in [5.74, 6) is 0.469. The first-order valence-electron chi connectivity index (χ1n) is 8.35. The van der Waals surface area contributed by atoms with E-state index in [1.54, 1.807) is 24.1 Å². The first-order chi connectivity index (χ1) is 12.0. The molecule has 0 fully saturated rings. The van der Waals surface area contributed by atoms with Crippen molar-refractivity contribution in [3.63, 3.8) is 0 Å². The number of carbonyl (C=O) groups is 2. The summed E-state index contributed by atoms with van der Waals surface area (Å²) in [5, 5.41) is 2.90. The van der Waals surface area contributed by atoms with Crippen molar-refractivity contribution in [3.05, 3.63) is 59.7 Å². The predicted molar refractivity (Wildman–Crippen MR) is 96.6 cm³/mol. The van der Waals surface area contributed by atoms with Crippen molar-refractivity contribution in [2.75, 3.05) is 12.4 Å². The number of ether oxygens (including phenoxy) is 1. The molecule has 5 nitrogen and oxygen atoms in total. The quantitative estimate of drug-likeness (QED) is 0.930. The van der Waals surface area contributed by atoms with Crippen LogP contribution in [0.25, 0.3) is 0 Å². The second kappa shape index (κ2) is 6.97. The number of rotatable bonds is 4. The number of nitrogens with one attached hydrogen (secondary N) is 1. The van der Waals surface area contributed by atoms with Crippen LogP contribution in [0, 0.1) is 5.92 Å². The van der Waals surface area contributed by atoms with Gasteiger partial charge in [0, 0.05) is 6.54 Å². The number of methoxy groups -OCH3 is 1. The third kappa shape index (κ3) is 3.36. The highest BCUT2D eigenvalue weighted by Crippen LogP contribution is 2.27. The zero-order valence-corrected chi connectivity index (χ0v) is 14.7. The largest absolute Gasteiger partial charge is 0.497 e.